The second-order valence-electron chi connectivity index (χ2n) is 2.30. The van der Waals surface area contributed by atoms with Gasteiger partial charge in [-0.2, -0.15) is 0 Å². The maximum Gasteiger partial charge on any atom is 0.0243 e. The van der Waals surface area contributed by atoms with Gasteiger partial charge in [-0.25, -0.2) is 0 Å². The van der Waals surface area contributed by atoms with Crippen molar-refractivity contribution in [1.29, 1.82) is 0 Å². The smallest absolute Gasteiger partial charge is 0.0243 e. The van der Waals surface area contributed by atoms with Gasteiger partial charge in [-0.3, -0.25) is 0 Å². The summed E-state index contributed by atoms with van der Waals surface area (Å²) in [5.74, 6) is 0. The topological polar surface area (TPSA) is 29.3 Å². The summed E-state index contributed by atoms with van der Waals surface area (Å²) in [4.78, 5) is 3.06. The summed E-state index contributed by atoms with van der Waals surface area (Å²) in [7, 11) is 4.05. The van der Waals surface area contributed by atoms with Crippen LogP contribution in [0.3, 0.4) is 0 Å². The highest BCUT2D eigenvalue weighted by Crippen LogP contribution is 1.86. The van der Waals surface area contributed by atoms with Crippen molar-refractivity contribution >= 4 is 17.1 Å². The highest BCUT2D eigenvalue weighted by molar-refractivity contribution is 7.80. The number of hydrogen-bond acceptors (Lipinski definition) is 3. The van der Waals surface area contributed by atoms with Crippen LogP contribution in [0.1, 0.15) is 6.42 Å². The Morgan fingerprint density at radius 3 is 2.44 bits per heavy atom. The first-order valence-electron chi connectivity index (χ1n) is 3.03. The van der Waals surface area contributed by atoms with Crippen molar-refractivity contribution in [1.82, 2.24) is 4.90 Å². The Kier molecular flexibility index (Phi) is 4.85. The third-order valence-corrected chi connectivity index (χ3v) is 1.44. The molecule has 0 saturated carbocycles. The fraction of sp³-hybridized carbons (Fsp3) is 0.833. The van der Waals surface area contributed by atoms with E-state index in [1.807, 2.05) is 14.1 Å². The van der Waals surface area contributed by atoms with Crippen molar-refractivity contribution in [2.45, 2.75) is 6.42 Å². The van der Waals surface area contributed by atoms with E-state index in [1.54, 1.807) is 0 Å². The lowest BCUT2D eigenvalue weighted by Crippen LogP contribution is -2.19. The van der Waals surface area contributed by atoms with Crippen molar-refractivity contribution in [2.75, 3.05) is 27.2 Å². The van der Waals surface area contributed by atoms with Gasteiger partial charge in [0.15, 0.2) is 0 Å². The molecule has 0 bridgehead atoms. The molecule has 0 saturated heterocycles. The molecule has 9 heavy (non-hydrogen) atoms. The highest BCUT2D eigenvalue weighted by Gasteiger charge is 1.93. The van der Waals surface area contributed by atoms with Gasteiger partial charge in [0.1, 0.15) is 0 Å². The molecule has 0 spiro atoms. The lowest BCUT2D eigenvalue weighted by atomic mass is 10.3. The van der Waals surface area contributed by atoms with E-state index in [4.69, 9.17) is 18.0 Å². The van der Waals surface area contributed by atoms with E-state index < -0.39 is 0 Å². The molecule has 54 valence electrons. The van der Waals surface area contributed by atoms with Crippen LogP contribution < -0.4 is 5.73 Å². The van der Waals surface area contributed by atoms with Crippen molar-refractivity contribution in [3.63, 3.8) is 0 Å². The fourth-order valence-electron chi connectivity index (χ4n) is 0.450. The van der Waals surface area contributed by atoms with Crippen LogP contribution in [-0.2, 0) is 0 Å². The Morgan fingerprint density at radius 2 is 2.11 bits per heavy atom. The minimum absolute atomic E-state index is 0.545. The summed E-state index contributed by atoms with van der Waals surface area (Å²) in [6.07, 6.45) is 0.943. The minimum atomic E-state index is 0.545. The van der Waals surface area contributed by atoms with Crippen molar-refractivity contribution in [3.8, 4) is 0 Å². The van der Waals surface area contributed by atoms with Gasteiger partial charge in [0.05, 0.1) is 0 Å². The normalized spacial score (nSPS) is 10.2. The summed E-state index contributed by atoms with van der Waals surface area (Å²) < 4.78 is 0. The van der Waals surface area contributed by atoms with Crippen LogP contribution in [0.15, 0.2) is 0 Å². The number of nitrogens with two attached hydrogens (primary N) is 1. The second-order valence-corrected chi connectivity index (χ2v) is 2.87. The van der Waals surface area contributed by atoms with Gasteiger partial charge in [0.2, 0.25) is 0 Å². The van der Waals surface area contributed by atoms with E-state index in [-0.39, 0.29) is 0 Å². The molecule has 0 atom stereocenters. The van der Waals surface area contributed by atoms with E-state index in [9.17, 15) is 0 Å². The average Bonchev–Trinajstić information content (AvgIpc) is 1.83. The summed E-state index contributed by atoms with van der Waals surface area (Å²) in [5.41, 5.74) is 5.30. The van der Waals surface area contributed by atoms with Crippen molar-refractivity contribution < 1.29 is 0 Å². The third kappa shape index (κ3) is 5.89. The molecule has 0 radical (unpaired) electrons. The summed E-state index contributed by atoms with van der Waals surface area (Å²) >= 11 is 4.92. The fourth-order valence-corrected chi connectivity index (χ4v) is 0.542. The zero-order valence-electron chi connectivity index (χ0n) is 6.05. The van der Waals surface area contributed by atoms with E-state index in [1.165, 1.54) is 0 Å². The molecular weight excluding hydrogens is 132 g/mol. The Morgan fingerprint density at radius 1 is 1.56 bits per heavy atom. The Bertz CT molecular complexity index is 91.1. The van der Waals surface area contributed by atoms with Crippen LogP contribution in [0.4, 0.5) is 0 Å². The summed E-state index contributed by atoms with van der Waals surface area (Å²) in [6.45, 7) is 1.55. The lowest BCUT2D eigenvalue weighted by Gasteiger charge is -2.07. The standard InChI is InChI=1S/C6H14N2S/c1-8(2)4-3-6(9)5-7/h3-5,7H2,1-2H3. The first-order valence-corrected chi connectivity index (χ1v) is 3.44. The molecule has 0 aromatic carbocycles. The first kappa shape index (κ1) is 9.01. The quantitative estimate of drug-likeness (QED) is 0.577. The number of nitrogens with zero attached hydrogens (tertiary/aromatic N) is 1. The monoisotopic (exact) mass is 146 g/mol. The van der Waals surface area contributed by atoms with Crippen molar-refractivity contribution in [3.05, 3.63) is 0 Å². The summed E-state index contributed by atoms with van der Waals surface area (Å²) in [5, 5.41) is 0. The van der Waals surface area contributed by atoms with Gasteiger partial charge >= 0.3 is 0 Å². The predicted molar refractivity (Wildman–Crippen MR) is 44.8 cm³/mol. The van der Waals surface area contributed by atoms with E-state index in [0.29, 0.717) is 6.54 Å². The summed E-state index contributed by atoms with van der Waals surface area (Å²) in [6, 6.07) is 0. The molecule has 0 aliphatic rings. The van der Waals surface area contributed by atoms with Crippen LogP contribution in [-0.4, -0.2) is 36.9 Å². The molecule has 0 unspecified atom stereocenters. The molecule has 0 aliphatic carbocycles. The van der Waals surface area contributed by atoms with Gasteiger partial charge in [0, 0.05) is 18.0 Å². The Hall–Kier alpha value is 0.01000. The van der Waals surface area contributed by atoms with Crippen LogP contribution in [0.25, 0.3) is 0 Å². The van der Waals surface area contributed by atoms with Crippen LogP contribution in [0.2, 0.25) is 0 Å². The molecule has 3 heteroatoms. The number of hydrogen-bond donors (Lipinski definition) is 1. The largest absolute Gasteiger partial charge is 0.326 e. The maximum atomic E-state index is 5.30. The molecule has 2 N–H and O–H groups in total. The number of rotatable bonds is 4. The molecule has 2 nitrogen and oxygen atoms in total. The molecular formula is C6H14N2S. The van der Waals surface area contributed by atoms with Gasteiger partial charge in [0.25, 0.3) is 0 Å². The molecule has 0 amide bonds. The first-order chi connectivity index (χ1) is 4.16. The predicted octanol–water partition coefficient (Wildman–Crippen LogP) is 0.267. The van der Waals surface area contributed by atoms with Gasteiger partial charge in [-0.05, 0) is 20.5 Å². The van der Waals surface area contributed by atoms with Crippen LogP contribution in [0.5, 0.6) is 0 Å². The third-order valence-electron chi connectivity index (χ3n) is 1.07. The molecule has 0 fully saturated rings. The van der Waals surface area contributed by atoms with Gasteiger partial charge in [-0.15, -0.1) is 0 Å². The zero-order chi connectivity index (χ0) is 7.28. The second kappa shape index (κ2) is 4.85. The Labute approximate surface area is 62.0 Å². The Balaban J connectivity index is 3.17. The van der Waals surface area contributed by atoms with Gasteiger partial charge in [-0.1, -0.05) is 12.2 Å². The zero-order valence-corrected chi connectivity index (χ0v) is 6.87. The SMILES string of the molecule is CN(C)CCC(=S)CN. The van der Waals surface area contributed by atoms with E-state index >= 15 is 0 Å². The van der Waals surface area contributed by atoms with Gasteiger partial charge < -0.3 is 10.6 Å². The van der Waals surface area contributed by atoms with Crippen LogP contribution in [0, 0.1) is 0 Å². The molecule has 0 aromatic rings. The molecule has 0 aromatic heterocycles. The number of thiocarbonyl (C=S) groups is 1. The molecule has 0 heterocycles. The maximum absolute atomic E-state index is 5.30. The average molecular weight is 146 g/mol. The van der Waals surface area contributed by atoms with E-state index in [0.717, 1.165) is 17.8 Å². The molecule has 0 aliphatic heterocycles. The minimum Gasteiger partial charge on any atom is -0.326 e. The molecule has 0 rings (SSSR count). The highest BCUT2D eigenvalue weighted by atomic mass is 32.1. The van der Waals surface area contributed by atoms with Crippen molar-refractivity contribution in [2.24, 2.45) is 5.73 Å². The lowest BCUT2D eigenvalue weighted by molar-refractivity contribution is 0.422. The van der Waals surface area contributed by atoms with E-state index in [2.05, 4.69) is 4.90 Å². The van der Waals surface area contributed by atoms with Crippen LogP contribution >= 0.6 is 12.2 Å².